The summed E-state index contributed by atoms with van der Waals surface area (Å²) >= 11 is 0. The van der Waals surface area contributed by atoms with Crippen molar-refractivity contribution in [2.24, 2.45) is 13.0 Å². The van der Waals surface area contributed by atoms with Gasteiger partial charge < -0.3 is 15.2 Å². The molecule has 2 N–H and O–H groups in total. The Hall–Kier alpha value is -2.17. The lowest BCUT2D eigenvalue weighted by molar-refractivity contribution is 0.280. The molecular weight excluding hydrogens is 254 g/mol. The monoisotopic (exact) mass is 273 g/mol. The quantitative estimate of drug-likeness (QED) is 0.909. The van der Waals surface area contributed by atoms with Crippen molar-refractivity contribution >= 4 is 5.82 Å². The second kappa shape index (κ2) is 5.07. The molecule has 1 aromatic heterocycles. The highest BCUT2D eigenvalue weighted by molar-refractivity contribution is 5.66. The number of hydrogen-bond donors (Lipinski definition) is 1. The molecule has 3 rings (SSSR count). The number of anilines is 1. The van der Waals surface area contributed by atoms with Crippen molar-refractivity contribution in [2.75, 3.05) is 19.5 Å². The van der Waals surface area contributed by atoms with E-state index in [9.17, 15) is 0 Å². The van der Waals surface area contributed by atoms with Gasteiger partial charge in [-0.15, -0.1) is 0 Å². The maximum absolute atomic E-state index is 5.81. The van der Waals surface area contributed by atoms with Crippen molar-refractivity contribution in [3.63, 3.8) is 0 Å². The van der Waals surface area contributed by atoms with E-state index in [0.29, 0.717) is 5.82 Å². The Bertz CT molecular complexity index is 598. The number of nitrogens with zero attached hydrogens (tertiary/aromatic N) is 2. The average Bonchev–Trinajstić information content (AvgIpc) is 3.22. The molecule has 0 unspecified atom stereocenters. The van der Waals surface area contributed by atoms with E-state index in [2.05, 4.69) is 5.10 Å². The molecule has 0 spiro atoms. The standard InChI is InChI=1S/C15H19N3O2/c1-18-15(16)8-12(17-18)11-5-6-13(14(7-11)19-2)20-9-10-3-4-10/h5-8,10H,3-4,9,16H2,1-2H3. The van der Waals surface area contributed by atoms with Gasteiger partial charge in [-0.3, -0.25) is 4.68 Å². The predicted molar refractivity (Wildman–Crippen MR) is 77.8 cm³/mol. The number of ether oxygens (including phenoxy) is 2. The molecular formula is C15H19N3O2. The highest BCUT2D eigenvalue weighted by atomic mass is 16.5. The normalized spacial score (nSPS) is 14.3. The minimum atomic E-state index is 0.632. The number of nitrogen functional groups attached to an aromatic ring is 1. The van der Waals surface area contributed by atoms with Crippen LogP contribution in [0.4, 0.5) is 5.82 Å². The summed E-state index contributed by atoms with van der Waals surface area (Å²) in [5, 5.41) is 4.37. The maximum Gasteiger partial charge on any atom is 0.161 e. The zero-order chi connectivity index (χ0) is 14.1. The number of hydrogen-bond acceptors (Lipinski definition) is 4. The van der Waals surface area contributed by atoms with Gasteiger partial charge in [0.15, 0.2) is 11.5 Å². The minimum absolute atomic E-state index is 0.632. The highest BCUT2D eigenvalue weighted by Crippen LogP contribution is 2.35. The van der Waals surface area contributed by atoms with E-state index in [1.807, 2.05) is 31.3 Å². The minimum Gasteiger partial charge on any atom is -0.493 e. The van der Waals surface area contributed by atoms with E-state index in [0.717, 1.165) is 35.3 Å². The van der Waals surface area contributed by atoms with Gasteiger partial charge in [0.1, 0.15) is 5.82 Å². The summed E-state index contributed by atoms with van der Waals surface area (Å²) in [6.45, 7) is 0.770. The van der Waals surface area contributed by atoms with Crippen LogP contribution in [0.3, 0.4) is 0 Å². The summed E-state index contributed by atoms with van der Waals surface area (Å²) in [6, 6.07) is 7.69. The number of nitrogens with two attached hydrogens (primary N) is 1. The lowest BCUT2D eigenvalue weighted by Gasteiger charge is -2.11. The van der Waals surface area contributed by atoms with Gasteiger partial charge in [-0.2, -0.15) is 5.10 Å². The van der Waals surface area contributed by atoms with Gasteiger partial charge in [-0.25, -0.2) is 0 Å². The molecule has 20 heavy (non-hydrogen) atoms. The van der Waals surface area contributed by atoms with Crippen LogP contribution in [0.5, 0.6) is 11.5 Å². The van der Waals surface area contributed by atoms with Crippen LogP contribution in [0.25, 0.3) is 11.3 Å². The molecule has 1 aliphatic rings. The molecule has 0 atom stereocenters. The van der Waals surface area contributed by atoms with Gasteiger partial charge in [0.25, 0.3) is 0 Å². The lowest BCUT2D eigenvalue weighted by atomic mass is 10.1. The topological polar surface area (TPSA) is 62.3 Å². The predicted octanol–water partition coefficient (Wildman–Crippen LogP) is 2.47. The molecule has 0 radical (unpaired) electrons. The molecule has 106 valence electrons. The van der Waals surface area contributed by atoms with Crippen LogP contribution in [-0.2, 0) is 7.05 Å². The van der Waals surface area contributed by atoms with E-state index < -0.39 is 0 Å². The second-order valence-corrected chi connectivity index (χ2v) is 5.20. The molecule has 0 bridgehead atoms. The molecule has 1 aliphatic carbocycles. The Balaban J connectivity index is 1.85. The van der Waals surface area contributed by atoms with E-state index in [4.69, 9.17) is 15.2 Å². The third-order valence-electron chi connectivity index (χ3n) is 3.55. The molecule has 0 amide bonds. The summed E-state index contributed by atoms with van der Waals surface area (Å²) in [5.74, 6) is 2.86. The summed E-state index contributed by atoms with van der Waals surface area (Å²) in [6.07, 6.45) is 2.54. The van der Waals surface area contributed by atoms with Crippen LogP contribution in [0.2, 0.25) is 0 Å². The Morgan fingerprint density at radius 1 is 1.30 bits per heavy atom. The Labute approximate surface area is 118 Å². The Morgan fingerprint density at radius 2 is 2.10 bits per heavy atom. The van der Waals surface area contributed by atoms with Gasteiger partial charge in [-0.05, 0) is 37.0 Å². The smallest absolute Gasteiger partial charge is 0.161 e. The average molecular weight is 273 g/mol. The van der Waals surface area contributed by atoms with Crippen LogP contribution in [-0.4, -0.2) is 23.5 Å². The molecule has 0 aliphatic heterocycles. The molecule has 1 heterocycles. The van der Waals surface area contributed by atoms with Gasteiger partial charge in [0.2, 0.25) is 0 Å². The van der Waals surface area contributed by atoms with E-state index in [1.165, 1.54) is 12.8 Å². The fraction of sp³-hybridized carbons (Fsp3) is 0.400. The first-order valence-electron chi connectivity index (χ1n) is 6.78. The van der Waals surface area contributed by atoms with Crippen molar-refractivity contribution in [3.8, 4) is 22.8 Å². The molecule has 1 aromatic carbocycles. The van der Waals surface area contributed by atoms with Crippen LogP contribution >= 0.6 is 0 Å². The summed E-state index contributed by atoms with van der Waals surface area (Å²) < 4.78 is 12.9. The van der Waals surface area contributed by atoms with E-state index >= 15 is 0 Å². The largest absolute Gasteiger partial charge is 0.493 e. The van der Waals surface area contributed by atoms with Crippen molar-refractivity contribution in [1.29, 1.82) is 0 Å². The first kappa shape index (κ1) is 12.8. The van der Waals surface area contributed by atoms with Crippen molar-refractivity contribution in [3.05, 3.63) is 24.3 Å². The zero-order valence-corrected chi connectivity index (χ0v) is 11.8. The van der Waals surface area contributed by atoms with Crippen molar-refractivity contribution < 1.29 is 9.47 Å². The van der Waals surface area contributed by atoms with E-state index in [-0.39, 0.29) is 0 Å². The zero-order valence-electron chi connectivity index (χ0n) is 11.8. The molecule has 1 fully saturated rings. The van der Waals surface area contributed by atoms with Crippen molar-refractivity contribution in [2.45, 2.75) is 12.8 Å². The van der Waals surface area contributed by atoms with E-state index in [1.54, 1.807) is 11.8 Å². The van der Waals surface area contributed by atoms with Gasteiger partial charge in [0.05, 0.1) is 19.4 Å². The van der Waals surface area contributed by atoms with Gasteiger partial charge in [0, 0.05) is 18.7 Å². The summed E-state index contributed by atoms with van der Waals surface area (Å²) in [7, 11) is 3.47. The fourth-order valence-electron chi connectivity index (χ4n) is 2.06. The Morgan fingerprint density at radius 3 is 2.70 bits per heavy atom. The van der Waals surface area contributed by atoms with Crippen LogP contribution in [0.15, 0.2) is 24.3 Å². The third-order valence-corrected chi connectivity index (χ3v) is 3.55. The molecule has 2 aromatic rings. The third kappa shape index (κ3) is 2.57. The number of aryl methyl sites for hydroxylation is 1. The summed E-state index contributed by atoms with van der Waals surface area (Å²) in [5.41, 5.74) is 7.61. The lowest BCUT2D eigenvalue weighted by Crippen LogP contribution is -2.01. The maximum atomic E-state index is 5.81. The number of aromatic nitrogens is 2. The Kier molecular flexibility index (Phi) is 3.26. The highest BCUT2D eigenvalue weighted by Gasteiger charge is 2.22. The SMILES string of the molecule is COc1cc(-c2cc(N)n(C)n2)ccc1OCC1CC1. The first-order chi connectivity index (χ1) is 9.67. The van der Waals surface area contributed by atoms with Crippen LogP contribution in [0, 0.1) is 5.92 Å². The number of benzene rings is 1. The molecule has 5 heteroatoms. The molecule has 0 saturated heterocycles. The number of rotatable bonds is 5. The fourth-order valence-corrected chi connectivity index (χ4v) is 2.06. The molecule has 1 saturated carbocycles. The summed E-state index contributed by atoms with van der Waals surface area (Å²) in [4.78, 5) is 0. The number of methoxy groups -OCH3 is 1. The van der Waals surface area contributed by atoms with Crippen LogP contribution < -0.4 is 15.2 Å². The molecule has 5 nitrogen and oxygen atoms in total. The first-order valence-corrected chi connectivity index (χ1v) is 6.78. The second-order valence-electron chi connectivity index (χ2n) is 5.20. The van der Waals surface area contributed by atoms with Crippen molar-refractivity contribution in [1.82, 2.24) is 9.78 Å². The van der Waals surface area contributed by atoms with Gasteiger partial charge >= 0.3 is 0 Å². The van der Waals surface area contributed by atoms with Gasteiger partial charge in [-0.1, -0.05) is 0 Å². The van der Waals surface area contributed by atoms with Crippen LogP contribution in [0.1, 0.15) is 12.8 Å².